The van der Waals surface area contributed by atoms with Crippen LogP contribution in [0.25, 0.3) is 0 Å². The van der Waals surface area contributed by atoms with E-state index in [2.05, 4.69) is 0 Å². The zero-order chi connectivity index (χ0) is 12.8. The molecule has 0 saturated carbocycles. The van der Waals surface area contributed by atoms with Crippen LogP contribution in [-0.4, -0.2) is 41.7 Å². The molecule has 98 valence electrons. The van der Waals surface area contributed by atoms with Crippen molar-refractivity contribution in [2.75, 3.05) is 13.2 Å². The standard InChI is InChI=1S/C14H18O4/c15-12-6-7-13(14(12)16)18-9-8-17-10-11-4-2-1-3-5-11/h1-7,12-16H,8-10H2/t12?,13-,14-/m0/s1. The van der Waals surface area contributed by atoms with Crippen LogP contribution in [0.1, 0.15) is 5.56 Å². The van der Waals surface area contributed by atoms with Gasteiger partial charge >= 0.3 is 0 Å². The predicted octanol–water partition coefficient (Wildman–Crippen LogP) is 0.880. The SMILES string of the molecule is OC1C=C[C@H](OCCOCc2ccccc2)[C@H]1O. The second kappa shape index (κ2) is 6.66. The van der Waals surface area contributed by atoms with Crippen molar-refractivity contribution in [3.8, 4) is 0 Å². The van der Waals surface area contributed by atoms with Crippen molar-refractivity contribution in [2.24, 2.45) is 0 Å². The molecule has 1 unspecified atom stereocenters. The summed E-state index contributed by atoms with van der Waals surface area (Å²) in [6.07, 6.45) is 1.10. The summed E-state index contributed by atoms with van der Waals surface area (Å²) in [6, 6.07) is 9.90. The Morgan fingerprint density at radius 2 is 1.78 bits per heavy atom. The summed E-state index contributed by atoms with van der Waals surface area (Å²) in [5.41, 5.74) is 1.12. The van der Waals surface area contributed by atoms with Crippen LogP contribution in [0.15, 0.2) is 42.5 Å². The highest BCUT2D eigenvalue weighted by Gasteiger charge is 2.28. The lowest BCUT2D eigenvalue weighted by molar-refractivity contribution is -0.0583. The molecule has 1 aromatic carbocycles. The fourth-order valence-electron chi connectivity index (χ4n) is 1.81. The average Bonchev–Trinajstić information content (AvgIpc) is 2.71. The minimum Gasteiger partial charge on any atom is -0.387 e. The van der Waals surface area contributed by atoms with Gasteiger partial charge in [-0.25, -0.2) is 0 Å². The molecule has 0 saturated heterocycles. The average molecular weight is 250 g/mol. The molecule has 2 N–H and O–H groups in total. The Morgan fingerprint density at radius 1 is 1.00 bits per heavy atom. The van der Waals surface area contributed by atoms with Gasteiger partial charge in [0.25, 0.3) is 0 Å². The van der Waals surface area contributed by atoms with Gasteiger partial charge in [-0.15, -0.1) is 0 Å². The van der Waals surface area contributed by atoms with E-state index in [1.54, 1.807) is 12.2 Å². The highest BCUT2D eigenvalue weighted by molar-refractivity contribution is 5.13. The molecule has 0 radical (unpaired) electrons. The summed E-state index contributed by atoms with van der Waals surface area (Å²) < 4.78 is 10.9. The number of ether oxygens (including phenoxy) is 2. The summed E-state index contributed by atoms with van der Waals surface area (Å²) in [6.45, 7) is 1.41. The highest BCUT2D eigenvalue weighted by Crippen LogP contribution is 2.14. The lowest BCUT2D eigenvalue weighted by Crippen LogP contribution is -2.32. The molecule has 1 aromatic rings. The third kappa shape index (κ3) is 3.65. The molecule has 4 heteroatoms. The van der Waals surface area contributed by atoms with Gasteiger partial charge in [-0.2, -0.15) is 0 Å². The molecule has 0 amide bonds. The van der Waals surface area contributed by atoms with Crippen LogP contribution >= 0.6 is 0 Å². The van der Waals surface area contributed by atoms with E-state index in [1.807, 2.05) is 30.3 Å². The smallest absolute Gasteiger partial charge is 0.113 e. The van der Waals surface area contributed by atoms with Gasteiger partial charge in [0.15, 0.2) is 0 Å². The van der Waals surface area contributed by atoms with Gasteiger partial charge < -0.3 is 19.7 Å². The zero-order valence-electron chi connectivity index (χ0n) is 10.1. The molecule has 1 aliphatic rings. The molecule has 0 spiro atoms. The first-order chi connectivity index (χ1) is 8.77. The molecule has 0 aromatic heterocycles. The van der Waals surface area contributed by atoms with E-state index < -0.39 is 18.3 Å². The summed E-state index contributed by atoms with van der Waals surface area (Å²) in [5, 5.41) is 18.8. The molecule has 0 aliphatic heterocycles. The topological polar surface area (TPSA) is 58.9 Å². The Balaban J connectivity index is 1.58. The van der Waals surface area contributed by atoms with Crippen LogP contribution in [0, 0.1) is 0 Å². The molecular weight excluding hydrogens is 232 g/mol. The molecule has 18 heavy (non-hydrogen) atoms. The zero-order valence-corrected chi connectivity index (χ0v) is 10.1. The Hall–Kier alpha value is -1.20. The highest BCUT2D eigenvalue weighted by atomic mass is 16.5. The van der Waals surface area contributed by atoms with Crippen molar-refractivity contribution >= 4 is 0 Å². The van der Waals surface area contributed by atoms with E-state index in [9.17, 15) is 10.2 Å². The Kier molecular flexibility index (Phi) is 4.90. The van der Waals surface area contributed by atoms with E-state index in [0.29, 0.717) is 19.8 Å². The van der Waals surface area contributed by atoms with Crippen LogP contribution < -0.4 is 0 Å². The van der Waals surface area contributed by atoms with Gasteiger partial charge in [0.2, 0.25) is 0 Å². The van der Waals surface area contributed by atoms with E-state index >= 15 is 0 Å². The molecule has 0 bridgehead atoms. The van der Waals surface area contributed by atoms with Crippen molar-refractivity contribution in [2.45, 2.75) is 24.9 Å². The Labute approximate surface area is 106 Å². The molecule has 1 aliphatic carbocycles. The van der Waals surface area contributed by atoms with Gasteiger partial charge in [0, 0.05) is 0 Å². The van der Waals surface area contributed by atoms with E-state index in [1.165, 1.54) is 0 Å². The molecular formula is C14H18O4. The van der Waals surface area contributed by atoms with Crippen LogP contribution in [0.4, 0.5) is 0 Å². The number of benzene rings is 1. The van der Waals surface area contributed by atoms with Gasteiger partial charge in [-0.1, -0.05) is 42.5 Å². The lowest BCUT2D eigenvalue weighted by Gasteiger charge is -2.17. The second-order valence-corrected chi connectivity index (χ2v) is 4.24. The first kappa shape index (κ1) is 13.2. The van der Waals surface area contributed by atoms with Gasteiger partial charge in [-0.05, 0) is 5.56 Å². The Morgan fingerprint density at radius 3 is 2.44 bits per heavy atom. The largest absolute Gasteiger partial charge is 0.387 e. The van der Waals surface area contributed by atoms with Crippen LogP contribution in [0.5, 0.6) is 0 Å². The molecule has 4 nitrogen and oxygen atoms in total. The summed E-state index contributed by atoms with van der Waals surface area (Å²) in [7, 11) is 0. The van der Waals surface area contributed by atoms with Crippen LogP contribution in [-0.2, 0) is 16.1 Å². The maximum absolute atomic E-state index is 9.51. The normalized spacial score (nSPS) is 26.7. The van der Waals surface area contributed by atoms with Gasteiger partial charge in [-0.3, -0.25) is 0 Å². The molecule has 0 fully saturated rings. The first-order valence-corrected chi connectivity index (χ1v) is 6.05. The first-order valence-electron chi connectivity index (χ1n) is 6.05. The number of rotatable bonds is 6. The summed E-state index contributed by atoms with van der Waals surface area (Å²) in [5.74, 6) is 0. The van der Waals surface area contributed by atoms with Crippen molar-refractivity contribution in [1.82, 2.24) is 0 Å². The maximum Gasteiger partial charge on any atom is 0.113 e. The summed E-state index contributed by atoms with van der Waals surface area (Å²) in [4.78, 5) is 0. The van der Waals surface area contributed by atoms with E-state index in [0.717, 1.165) is 5.56 Å². The quantitative estimate of drug-likeness (QED) is 0.581. The number of hydrogen-bond acceptors (Lipinski definition) is 4. The fraction of sp³-hybridized carbons (Fsp3) is 0.429. The van der Waals surface area contributed by atoms with Crippen molar-refractivity contribution in [3.63, 3.8) is 0 Å². The van der Waals surface area contributed by atoms with E-state index in [-0.39, 0.29) is 0 Å². The number of aliphatic hydroxyl groups excluding tert-OH is 2. The minimum absolute atomic E-state index is 0.394. The van der Waals surface area contributed by atoms with Crippen molar-refractivity contribution in [3.05, 3.63) is 48.0 Å². The fourth-order valence-corrected chi connectivity index (χ4v) is 1.81. The molecule has 3 atom stereocenters. The lowest BCUT2D eigenvalue weighted by atomic mass is 10.2. The van der Waals surface area contributed by atoms with Crippen LogP contribution in [0.2, 0.25) is 0 Å². The maximum atomic E-state index is 9.51. The molecule has 0 heterocycles. The van der Waals surface area contributed by atoms with Gasteiger partial charge in [0.1, 0.15) is 18.3 Å². The third-order valence-electron chi connectivity index (χ3n) is 2.83. The predicted molar refractivity (Wildman–Crippen MR) is 67.0 cm³/mol. The molecule has 2 rings (SSSR count). The monoisotopic (exact) mass is 250 g/mol. The summed E-state index contributed by atoms with van der Waals surface area (Å²) >= 11 is 0. The second-order valence-electron chi connectivity index (χ2n) is 4.24. The van der Waals surface area contributed by atoms with Gasteiger partial charge in [0.05, 0.1) is 19.8 Å². The Bertz CT molecular complexity index is 377. The van der Waals surface area contributed by atoms with Crippen LogP contribution in [0.3, 0.4) is 0 Å². The van der Waals surface area contributed by atoms with Crippen molar-refractivity contribution < 1.29 is 19.7 Å². The minimum atomic E-state index is -0.862. The number of aliphatic hydroxyl groups is 2. The van der Waals surface area contributed by atoms with Crippen molar-refractivity contribution in [1.29, 1.82) is 0 Å². The van der Waals surface area contributed by atoms with E-state index in [4.69, 9.17) is 9.47 Å². The number of hydrogen-bond donors (Lipinski definition) is 2. The third-order valence-corrected chi connectivity index (χ3v) is 2.83.